The topological polar surface area (TPSA) is 104 Å². The number of aromatic nitrogens is 2. The van der Waals surface area contributed by atoms with Crippen LogP contribution in [0.25, 0.3) is 0 Å². The lowest BCUT2D eigenvalue weighted by atomic mass is 9.97. The van der Waals surface area contributed by atoms with E-state index in [1.165, 1.54) is 6.07 Å². The minimum Gasteiger partial charge on any atom is -0.383 e. The number of nitrogens with one attached hydrogen (secondary N) is 2. The van der Waals surface area contributed by atoms with Gasteiger partial charge in [-0.3, -0.25) is 9.59 Å². The van der Waals surface area contributed by atoms with E-state index in [9.17, 15) is 9.59 Å². The van der Waals surface area contributed by atoms with Crippen molar-refractivity contribution in [1.82, 2.24) is 20.2 Å². The van der Waals surface area contributed by atoms with E-state index < -0.39 is 0 Å². The molecular weight excluding hydrogens is 258 g/mol. The fraction of sp³-hybridized carbons (Fsp3) is 0.615. The third-order valence-corrected chi connectivity index (χ3v) is 3.47. The van der Waals surface area contributed by atoms with Gasteiger partial charge in [0.25, 0.3) is 5.56 Å². The molecule has 1 aromatic rings. The van der Waals surface area contributed by atoms with Gasteiger partial charge in [-0.2, -0.15) is 0 Å². The standard InChI is InChI=1S/C13H21N5O2/c1-18-6-2-3-9(8-18)13(20)15-5-4-11-16-10(14)7-12(19)17-11/h7,9H,2-6,8H2,1H3,(H,15,20)(H3,14,16,17,19). The molecule has 0 saturated carbocycles. The zero-order valence-corrected chi connectivity index (χ0v) is 11.7. The van der Waals surface area contributed by atoms with Crippen LogP contribution in [0.15, 0.2) is 10.9 Å². The first-order valence-electron chi connectivity index (χ1n) is 6.86. The molecule has 1 amide bonds. The summed E-state index contributed by atoms with van der Waals surface area (Å²) in [6, 6.07) is 1.24. The van der Waals surface area contributed by atoms with Crippen molar-refractivity contribution in [2.45, 2.75) is 19.3 Å². The van der Waals surface area contributed by atoms with Gasteiger partial charge in [-0.25, -0.2) is 4.98 Å². The molecule has 0 spiro atoms. The van der Waals surface area contributed by atoms with Crippen LogP contribution in [0.3, 0.4) is 0 Å². The maximum Gasteiger partial charge on any atom is 0.252 e. The number of hydrogen-bond acceptors (Lipinski definition) is 5. The van der Waals surface area contributed by atoms with Gasteiger partial charge in [0.2, 0.25) is 5.91 Å². The van der Waals surface area contributed by atoms with Gasteiger partial charge in [0.05, 0.1) is 5.92 Å². The van der Waals surface area contributed by atoms with Gasteiger partial charge in [0, 0.05) is 25.6 Å². The minimum absolute atomic E-state index is 0.0570. The van der Waals surface area contributed by atoms with Crippen molar-refractivity contribution in [3.63, 3.8) is 0 Å². The average Bonchev–Trinajstić information content (AvgIpc) is 2.37. The highest BCUT2D eigenvalue weighted by molar-refractivity contribution is 5.78. The van der Waals surface area contributed by atoms with Crippen LogP contribution in [0.5, 0.6) is 0 Å². The number of piperidine rings is 1. The fourth-order valence-electron chi connectivity index (χ4n) is 2.48. The normalized spacial score (nSPS) is 19.8. The zero-order chi connectivity index (χ0) is 14.5. The molecule has 2 heterocycles. The van der Waals surface area contributed by atoms with E-state index in [0.717, 1.165) is 25.9 Å². The number of H-pyrrole nitrogens is 1. The largest absolute Gasteiger partial charge is 0.383 e. The Morgan fingerprint density at radius 1 is 1.65 bits per heavy atom. The van der Waals surface area contributed by atoms with Crippen LogP contribution < -0.4 is 16.6 Å². The maximum absolute atomic E-state index is 12.0. The highest BCUT2D eigenvalue weighted by Gasteiger charge is 2.23. The Labute approximate surface area is 117 Å². The Morgan fingerprint density at radius 2 is 2.45 bits per heavy atom. The Morgan fingerprint density at radius 3 is 3.15 bits per heavy atom. The van der Waals surface area contributed by atoms with Crippen molar-refractivity contribution < 1.29 is 4.79 Å². The van der Waals surface area contributed by atoms with E-state index in [2.05, 4.69) is 20.2 Å². The van der Waals surface area contributed by atoms with Crippen molar-refractivity contribution in [3.8, 4) is 0 Å². The van der Waals surface area contributed by atoms with Crippen LogP contribution in [-0.2, 0) is 11.2 Å². The summed E-state index contributed by atoms with van der Waals surface area (Å²) in [7, 11) is 2.03. The first-order valence-corrected chi connectivity index (χ1v) is 6.86. The molecule has 110 valence electrons. The number of likely N-dealkylation sites (tertiary alicyclic amines) is 1. The van der Waals surface area contributed by atoms with Crippen LogP contribution in [-0.4, -0.2) is 47.5 Å². The predicted octanol–water partition coefficient (Wildman–Crippen LogP) is -0.647. The number of nitrogen functional groups attached to an aromatic ring is 1. The molecule has 0 aromatic carbocycles. The first kappa shape index (κ1) is 14.5. The number of aromatic amines is 1. The van der Waals surface area contributed by atoms with Gasteiger partial charge in [-0.05, 0) is 26.4 Å². The Hall–Kier alpha value is -1.89. The lowest BCUT2D eigenvalue weighted by Gasteiger charge is -2.28. The zero-order valence-electron chi connectivity index (χ0n) is 11.7. The summed E-state index contributed by atoms with van der Waals surface area (Å²) in [6.45, 7) is 2.31. The maximum atomic E-state index is 12.0. The molecule has 1 aliphatic rings. The summed E-state index contributed by atoms with van der Waals surface area (Å²) in [5.74, 6) is 0.824. The molecule has 4 N–H and O–H groups in total. The number of nitrogens with two attached hydrogens (primary N) is 1. The fourth-order valence-corrected chi connectivity index (χ4v) is 2.48. The molecule has 1 atom stereocenters. The van der Waals surface area contributed by atoms with Crippen molar-refractivity contribution in [3.05, 3.63) is 22.2 Å². The van der Waals surface area contributed by atoms with E-state index in [0.29, 0.717) is 18.8 Å². The molecule has 20 heavy (non-hydrogen) atoms. The summed E-state index contributed by atoms with van der Waals surface area (Å²) >= 11 is 0. The van der Waals surface area contributed by atoms with Crippen LogP contribution in [0.2, 0.25) is 0 Å². The second-order valence-electron chi connectivity index (χ2n) is 5.26. The van der Waals surface area contributed by atoms with Crippen molar-refractivity contribution in [2.24, 2.45) is 5.92 Å². The van der Waals surface area contributed by atoms with Crippen LogP contribution in [0.4, 0.5) is 5.82 Å². The molecule has 0 radical (unpaired) electrons. The molecule has 1 fully saturated rings. The minimum atomic E-state index is -0.271. The quantitative estimate of drug-likeness (QED) is 0.679. The number of rotatable bonds is 4. The van der Waals surface area contributed by atoms with Gasteiger partial charge >= 0.3 is 0 Å². The van der Waals surface area contributed by atoms with Crippen molar-refractivity contribution in [2.75, 3.05) is 32.4 Å². The molecule has 1 unspecified atom stereocenters. The molecule has 1 saturated heterocycles. The smallest absolute Gasteiger partial charge is 0.252 e. The van der Waals surface area contributed by atoms with E-state index in [4.69, 9.17) is 5.73 Å². The van der Waals surface area contributed by atoms with Crippen LogP contribution in [0.1, 0.15) is 18.7 Å². The third kappa shape index (κ3) is 4.06. The van der Waals surface area contributed by atoms with Crippen LogP contribution >= 0.6 is 0 Å². The van der Waals surface area contributed by atoms with E-state index in [1.807, 2.05) is 7.05 Å². The monoisotopic (exact) mass is 279 g/mol. The van der Waals surface area contributed by atoms with Crippen molar-refractivity contribution >= 4 is 11.7 Å². The van der Waals surface area contributed by atoms with Crippen LogP contribution in [0, 0.1) is 5.92 Å². The summed E-state index contributed by atoms with van der Waals surface area (Å²) in [4.78, 5) is 32.0. The molecule has 0 aliphatic carbocycles. The summed E-state index contributed by atoms with van der Waals surface area (Å²) in [5, 5.41) is 2.89. The summed E-state index contributed by atoms with van der Waals surface area (Å²) in [6.07, 6.45) is 2.46. The number of carbonyl (C=O) groups is 1. The Bertz CT molecular complexity index is 528. The Balaban J connectivity index is 1.80. The second-order valence-corrected chi connectivity index (χ2v) is 5.26. The second kappa shape index (κ2) is 6.51. The molecule has 1 aliphatic heterocycles. The number of carbonyl (C=O) groups excluding carboxylic acids is 1. The van der Waals surface area contributed by atoms with Gasteiger partial charge < -0.3 is 20.9 Å². The molecule has 0 bridgehead atoms. The lowest BCUT2D eigenvalue weighted by Crippen LogP contribution is -2.42. The van der Waals surface area contributed by atoms with E-state index in [-0.39, 0.29) is 23.2 Å². The van der Waals surface area contributed by atoms with E-state index in [1.54, 1.807) is 0 Å². The average molecular weight is 279 g/mol. The Kier molecular flexibility index (Phi) is 4.73. The van der Waals surface area contributed by atoms with E-state index >= 15 is 0 Å². The summed E-state index contributed by atoms with van der Waals surface area (Å²) < 4.78 is 0. The third-order valence-electron chi connectivity index (χ3n) is 3.47. The SMILES string of the molecule is CN1CCCC(C(=O)NCCc2nc(N)cc(=O)[nH]2)C1. The van der Waals surface area contributed by atoms with Gasteiger partial charge in [-0.15, -0.1) is 0 Å². The van der Waals surface area contributed by atoms with Crippen molar-refractivity contribution in [1.29, 1.82) is 0 Å². The highest BCUT2D eigenvalue weighted by Crippen LogP contribution is 2.14. The highest BCUT2D eigenvalue weighted by atomic mass is 16.2. The first-order chi connectivity index (χ1) is 9.54. The van der Waals surface area contributed by atoms with Gasteiger partial charge in [0.15, 0.2) is 0 Å². The number of anilines is 1. The molecular formula is C13H21N5O2. The number of hydrogen-bond donors (Lipinski definition) is 3. The van der Waals surface area contributed by atoms with Gasteiger partial charge in [0.1, 0.15) is 11.6 Å². The summed E-state index contributed by atoms with van der Waals surface area (Å²) in [5.41, 5.74) is 5.23. The molecule has 1 aromatic heterocycles. The number of nitrogens with zero attached hydrogens (tertiary/aromatic N) is 2. The molecule has 7 heteroatoms. The molecule has 2 rings (SSSR count). The van der Waals surface area contributed by atoms with Gasteiger partial charge in [-0.1, -0.05) is 0 Å². The number of amides is 1. The lowest BCUT2D eigenvalue weighted by molar-refractivity contribution is -0.126. The predicted molar refractivity (Wildman–Crippen MR) is 76.2 cm³/mol. The molecule has 7 nitrogen and oxygen atoms in total.